The zero-order valence-corrected chi connectivity index (χ0v) is 9.14. The van der Waals surface area contributed by atoms with Gasteiger partial charge in [0, 0.05) is 24.1 Å². The van der Waals surface area contributed by atoms with Gasteiger partial charge < -0.3 is 5.73 Å². The lowest BCUT2D eigenvalue weighted by Crippen LogP contribution is -2.48. The van der Waals surface area contributed by atoms with Gasteiger partial charge in [-0.1, -0.05) is 6.92 Å². The Morgan fingerprint density at radius 2 is 2.46 bits per heavy atom. The SMILES string of the molecule is CCC1CN(C(C)C(N)=O)CCS1. The van der Waals surface area contributed by atoms with E-state index >= 15 is 0 Å². The van der Waals surface area contributed by atoms with Gasteiger partial charge in [0.1, 0.15) is 0 Å². The fourth-order valence-electron chi connectivity index (χ4n) is 1.52. The number of carbonyl (C=O) groups is 1. The Labute approximate surface area is 84.0 Å². The maximum absolute atomic E-state index is 11.0. The summed E-state index contributed by atoms with van der Waals surface area (Å²) in [5, 5.41) is 0.676. The highest BCUT2D eigenvalue weighted by Crippen LogP contribution is 2.22. The first-order chi connectivity index (χ1) is 6.15. The maximum Gasteiger partial charge on any atom is 0.234 e. The van der Waals surface area contributed by atoms with E-state index in [9.17, 15) is 4.79 Å². The second-order valence-corrected chi connectivity index (χ2v) is 4.88. The highest BCUT2D eigenvalue weighted by molar-refractivity contribution is 8.00. The number of rotatable bonds is 3. The largest absolute Gasteiger partial charge is 0.368 e. The molecule has 1 aliphatic rings. The number of nitrogens with zero attached hydrogens (tertiary/aromatic N) is 1. The zero-order valence-electron chi connectivity index (χ0n) is 8.32. The molecule has 0 aromatic heterocycles. The zero-order chi connectivity index (χ0) is 9.84. The third kappa shape index (κ3) is 2.88. The fraction of sp³-hybridized carbons (Fsp3) is 0.889. The summed E-state index contributed by atoms with van der Waals surface area (Å²) in [6.45, 7) is 6.08. The standard InChI is InChI=1S/C9H18N2OS/c1-3-8-6-11(4-5-13-8)7(2)9(10)12/h7-8H,3-6H2,1-2H3,(H2,10,12). The van der Waals surface area contributed by atoms with E-state index in [4.69, 9.17) is 5.73 Å². The second kappa shape index (κ2) is 4.86. The smallest absolute Gasteiger partial charge is 0.234 e. The highest BCUT2D eigenvalue weighted by Gasteiger charge is 2.25. The van der Waals surface area contributed by atoms with E-state index < -0.39 is 0 Å². The number of amides is 1. The summed E-state index contributed by atoms with van der Waals surface area (Å²) in [4.78, 5) is 13.2. The van der Waals surface area contributed by atoms with Crippen molar-refractivity contribution in [2.75, 3.05) is 18.8 Å². The molecule has 0 radical (unpaired) electrons. The van der Waals surface area contributed by atoms with Gasteiger partial charge in [-0.3, -0.25) is 9.69 Å². The van der Waals surface area contributed by atoms with Crippen LogP contribution in [0.5, 0.6) is 0 Å². The molecule has 0 aromatic rings. The van der Waals surface area contributed by atoms with Crippen LogP contribution in [0.1, 0.15) is 20.3 Å². The first-order valence-corrected chi connectivity index (χ1v) is 5.85. The lowest BCUT2D eigenvalue weighted by Gasteiger charge is -2.34. The van der Waals surface area contributed by atoms with Crippen molar-refractivity contribution in [3.8, 4) is 0 Å². The molecule has 76 valence electrons. The van der Waals surface area contributed by atoms with Crippen molar-refractivity contribution in [3.63, 3.8) is 0 Å². The highest BCUT2D eigenvalue weighted by atomic mass is 32.2. The molecule has 2 atom stereocenters. The van der Waals surface area contributed by atoms with E-state index in [1.807, 2.05) is 18.7 Å². The number of primary amides is 1. The van der Waals surface area contributed by atoms with Crippen LogP contribution in [0.4, 0.5) is 0 Å². The van der Waals surface area contributed by atoms with Crippen LogP contribution in [0.2, 0.25) is 0 Å². The predicted octanol–water partition coefficient (Wildman–Crippen LogP) is 0.688. The van der Waals surface area contributed by atoms with Gasteiger partial charge in [-0.2, -0.15) is 11.8 Å². The Hall–Kier alpha value is -0.220. The Balaban J connectivity index is 2.46. The average molecular weight is 202 g/mol. The Kier molecular flexibility index (Phi) is 4.06. The molecule has 1 aliphatic heterocycles. The molecule has 1 amide bonds. The van der Waals surface area contributed by atoms with Crippen molar-refractivity contribution >= 4 is 17.7 Å². The molecule has 2 unspecified atom stereocenters. The molecular formula is C9H18N2OS. The van der Waals surface area contributed by atoms with E-state index in [-0.39, 0.29) is 11.9 Å². The Morgan fingerprint density at radius 3 is 3.00 bits per heavy atom. The molecule has 0 saturated carbocycles. The summed E-state index contributed by atoms with van der Waals surface area (Å²) >= 11 is 2.00. The van der Waals surface area contributed by atoms with E-state index in [0.717, 1.165) is 18.8 Å². The van der Waals surface area contributed by atoms with Crippen LogP contribution in [-0.4, -0.2) is 40.9 Å². The minimum absolute atomic E-state index is 0.102. The van der Waals surface area contributed by atoms with Crippen molar-refractivity contribution < 1.29 is 4.79 Å². The first-order valence-electron chi connectivity index (χ1n) is 4.80. The van der Waals surface area contributed by atoms with Gasteiger partial charge >= 0.3 is 0 Å². The van der Waals surface area contributed by atoms with Gasteiger partial charge in [-0.25, -0.2) is 0 Å². The minimum atomic E-state index is -0.207. The lowest BCUT2D eigenvalue weighted by molar-refractivity contribution is -0.122. The molecule has 4 heteroatoms. The quantitative estimate of drug-likeness (QED) is 0.732. The van der Waals surface area contributed by atoms with E-state index in [0.29, 0.717) is 5.25 Å². The molecule has 0 spiro atoms. The van der Waals surface area contributed by atoms with E-state index in [1.54, 1.807) is 0 Å². The number of nitrogens with two attached hydrogens (primary N) is 1. The van der Waals surface area contributed by atoms with Crippen molar-refractivity contribution in [2.45, 2.75) is 31.6 Å². The van der Waals surface area contributed by atoms with Crippen molar-refractivity contribution in [3.05, 3.63) is 0 Å². The summed E-state index contributed by atoms with van der Waals surface area (Å²) < 4.78 is 0. The molecule has 1 saturated heterocycles. The normalized spacial score (nSPS) is 27.1. The molecule has 3 nitrogen and oxygen atoms in total. The molecule has 1 heterocycles. The monoisotopic (exact) mass is 202 g/mol. The third-order valence-corrected chi connectivity index (χ3v) is 3.96. The van der Waals surface area contributed by atoms with Gasteiger partial charge in [0.15, 0.2) is 0 Å². The molecule has 1 rings (SSSR count). The van der Waals surface area contributed by atoms with Crippen LogP contribution in [0.15, 0.2) is 0 Å². The molecule has 0 aromatic carbocycles. The Morgan fingerprint density at radius 1 is 1.77 bits per heavy atom. The number of hydrogen-bond donors (Lipinski definition) is 1. The third-order valence-electron chi connectivity index (χ3n) is 2.59. The molecule has 2 N–H and O–H groups in total. The molecular weight excluding hydrogens is 184 g/mol. The predicted molar refractivity (Wildman–Crippen MR) is 56.8 cm³/mol. The maximum atomic E-state index is 11.0. The minimum Gasteiger partial charge on any atom is -0.368 e. The molecule has 1 fully saturated rings. The van der Waals surface area contributed by atoms with Crippen LogP contribution in [0, 0.1) is 0 Å². The summed E-state index contributed by atoms with van der Waals surface area (Å²) in [5.41, 5.74) is 5.27. The average Bonchev–Trinajstić information content (AvgIpc) is 2.16. The van der Waals surface area contributed by atoms with Gasteiger partial charge in [-0.15, -0.1) is 0 Å². The van der Waals surface area contributed by atoms with Crippen LogP contribution >= 0.6 is 11.8 Å². The van der Waals surface area contributed by atoms with E-state index in [2.05, 4.69) is 11.8 Å². The van der Waals surface area contributed by atoms with Crippen LogP contribution in [-0.2, 0) is 4.79 Å². The summed E-state index contributed by atoms with van der Waals surface area (Å²) in [5.74, 6) is 0.914. The number of hydrogen-bond acceptors (Lipinski definition) is 3. The van der Waals surface area contributed by atoms with Crippen LogP contribution in [0.3, 0.4) is 0 Å². The second-order valence-electron chi connectivity index (χ2n) is 3.47. The topological polar surface area (TPSA) is 46.3 Å². The van der Waals surface area contributed by atoms with Crippen molar-refractivity contribution in [2.24, 2.45) is 5.73 Å². The van der Waals surface area contributed by atoms with E-state index in [1.165, 1.54) is 6.42 Å². The molecule has 0 aliphatic carbocycles. The Bertz CT molecular complexity index is 186. The fourth-order valence-corrected chi connectivity index (χ4v) is 2.73. The van der Waals surface area contributed by atoms with Gasteiger partial charge in [0.05, 0.1) is 6.04 Å². The first kappa shape index (κ1) is 10.9. The lowest BCUT2D eigenvalue weighted by atomic mass is 10.2. The van der Waals surface area contributed by atoms with Crippen LogP contribution < -0.4 is 5.73 Å². The van der Waals surface area contributed by atoms with Gasteiger partial charge in [0.25, 0.3) is 0 Å². The molecule has 0 bridgehead atoms. The number of carbonyl (C=O) groups excluding carboxylic acids is 1. The summed E-state index contributed by atoms with van der Waals surface area (Å²) in [7, 11) is 0. The van der Waals surface area contributed by atoms with Crippen LogP contribution in [0.25, 0.3) is 0 Å². The summed E-state index contributed by atoms with van der Waals surface area (Å²) in [6.07, 6.45) is 1.17. The van der Waals surface area contributed by atoms with Crippen molar-refractivity contribution in [1.82, 2.24) is 4.90 Å². The van der Waals surface area contributed by atoms with Crippen molar-refractivity contribution in [1.29, 1.82) is 0 Å². The number of thioether (sulfide) groups is 1. The molecule has 13 heavy (non-hydrogen) atoms. The van der Waals surface area contributed by atoms with Gasteiger partial charge in [-0.05, 0) is 13.3 Å². The summed E-state index contributed by atoms with van der Waals surface area (Å²) in [6, 6.07) is -0.102. The van der Waals surface area contributed by atoms with Gasteiger partial charge in [0.2, 0.25) is 5.91 Å².